The van der Waals surface area contributed by atoms with Gasteiger partial charge < -0.3 is 20.3 Å². The number of carbonyl (C=O) groups excluding carboxylic acids is 1. The van der Waals surface area contributed by atoms with Crippen molar-refractivity contribution < 1.29 is 64.5 Å². The number of rotatable bonds is 5. The van der Waals surface area contributed by atoms with E-state index in [-0.39, 0.29) is 17.9 Å². The highest BCUT2D eigenvalue weighted by molar-refractivity contribution is 5.93. The molecule has 0 spiro atoms. The number of fused-ring (bicyclic) bond motifs is 1. The van der Waals surface area contributed by atoms with Gasteiger partial charge in [0.25, 0.3) is 5.91 Å². The summed E-state index contributed by atoms with van der Waals surface area (Å²) in [4.78, 5) is 36.1. The molecule has 1 aromatic heterocycles. The van der Waals surface area contributed by atoms with Gasteiger partial charge in [-0.2, -0.15) is 26.3 Å². The minimum absolute atomic E-state index is 0.113. The van der Waals surface area contributed by atoms with Gasteiger partial charge in [0.1, 0.15) is 0 Å². The molecule has 3 N–H and O–H groups in total. The smallest absolute Gasteiger partial charge is 0.475 e. The van der Waals surface area contributed by atoms with Gasteiger partial charge in [0.05, 0.1) is 12.7 Å². The van der Waals surface area contributed by atoms with Gasteiger partial charge in [-0.3, -0.25) is 14.7 Å². The number of ether oxygens (including phenoxy) is 1. The number of carbonyl (C=O) groups is 3. The van der Waals surface area contributed by atoms with Crippen molar-refractivity contribution >= 4 is 17.8 Å². The predicted octanol–water partition coefficient (Wildman–Crippen LogP) is 3.50. The van der Waals surface area contributed by atoms with E-state index in [1.807, 2.05) is 0 Å². The molecule has 2 aliphatic heterocycles. The molecule has 41 heavy (non-hydrogen) atoms. The third-order valence-electron chi connectivity index (χ3n) is 5.86. The number of halogens is 8. The van der Waals surface area contributed by atoms with Crippen molar-refractivity contribution in [2.75, 3.05) is 26.2 Å². The lowest BCUT2D eigenvalue weighted by atomic mass is 9.93. The van der Waals surface area contributed by atoms with Crippen molar-refractivity contribution in [3.63, 3.8) is 0 Å². The Morgan fingerprint density at radius 3 is 2.00 bits per heavy atom. The molecule has 2 fully saturated rings. The van der Waals surface area contributed by atoms with Crippen LogP contribution in [-0.2, 0) is 20.9 Å². The van der Waals surface area contributed by atoms with Gasteiger partial charge in [-0.25, -0.2) is 18.4 Å². The molecule has 2 aromatic rings. The Morgan fingerprint density at radius 2 is 1.49 bits per heavy atom. The van der Waals surface area contributed by atoms with E-state index in [1.54, 1.807) is 30.6 Å². The summed E-state index contributed by atoms with van der Waals surface area (Å²) >= 11 is 0. The number of nitrogens with one attached hydrogen (secondary N) is 1. The molecule has 9 nitrogen and oxygen atoms in total. The number of carboxylic acids is 2. The largest absolute Gasteiger partial charge is 0.490 e. The van der Waals surface area contributed by atoms with Gasteiger partial charge in [0.15, 0.2) is 11.6 Å². The zero-order valence-electron chi connectivity index (χ0n) is 20.8. The maximum atomic E-state index is 13.4. The van der Waals surface area contributed by atoms with Crippen LogP contribution in [0.25, 0.3) is 0 Å². The summed E-state index contributed by atoms with van der Waals surface area (Å²) in [6.07, 6.45) is -6.86. The van der Waals surface area contributed by atoms with Crippen molar-refractivity contribution in [1.82, 2.24) is 15.2 Å². The van der Waals surface area contributed by atoms with Crippen LogP contribution in [0.5, 0.6) is 0 Å². The molecular formula is C24H23F8N3O6. The molecule has 3 heterocycles. The number of aromatic nitrogens is 1. The van der Waals surface area contributed by atoms with E-state index in [0.29, 0.717) is 31.2 Å². The Labute approximate surface area is 226 Å². The first-order valence-corrected chi connectivity index (χ1v) is 11.5. The molecule has 2 saturated heterocycles. The minimum atomic E-state index is -5.08. The third-order valence-corrected chi connectivity index (χ3v) is 5.86. The van der Waals surface area contributed by atoms with Crippen LogP contribution in [0.1, 0.15) is 15.9 Å². The lowest BCUT2D eigenvalue weighted by Gasteiger charge is -2.20. The quantitative estimate of drug-likeness (QED) is 0.445. The zero-order chi connectivity index (χ0) is 31.0. The average Bonchev–Trinajstić information content (AvgIpc) is 3.45. The van der Waals surface area contributed by atoms with Crippen LogP contribution < -0.4 is 5.32 Å². The van der Waals surface area contributed by atoms with Gasteiger partial charge in [-0.05, 0) is 29.8 Å². The number of amides is 1. The standard InChI is InChI=1S/C20H21F2N3O2.2C2HF3O2/c21-17-2-1-13(7-18(17)22)9-25-10-16-15(12-27-19(16)11-25)8-24-20(26)14-3-5-23-6-4-14;2*3-2(4,5)1(6)7/h1-7,15-16,19H,8-12H2,(H,24,26);2*(H,6,7)/t15-,16-,19-;;/m1../s1. The van der Waals surface area contributed by atoms with Crippen molar-refractivity contribution in [1.29, 1.82) is 0 Å². The number of hydrogen-bond acceptors (Lipinski definition) is 6. The second-order valence-corrected chi connectivity index (χ2v) is 8.79. The summed E-state index contributed by atoms with van der Waals surface area (Å²) in [5, 5.41) is 17.2. The molecular weight excluding hydrogens is 578 g/mol. The Bertz CT molecular complexity index is 1170. The molecule has 0 aliphatic carbocycles. The van der Waals surface area contributed by atoms with E-state index in [2.05, 4.69) is 15.2 Å². The third kappa shape index (κ3) is 10.6. The van der Waals surface area contributed by atoms with E-state index in [4.69, 9.17) is 24.5 Å². The lowest BCUT2D eigenvalue weighted by molar-refractivity contribution is -0.193. The van der Waals surface area contributed by atoms with E-state index in [0.717, 1.165) is 24.7 Å². The van der Waals surface area contributed by atoms with E-state index < -0.39 is 35.9 Å². The minimum Gasteiger partial charge on any atom is -0.475 e. The Hall–Kier alpha value is -3.86. The summed E-state index contributed by atoms with van der Waals surface area (Å²) in [7, 11) is 0. The summed E-state index contributed by atoms with van der Waals surface area (Å²) in [5.41, 5.74) is 1.34. The second-order valence-electron chi connectivity index (χ2n) is 8.79. The fourth-order valence-corrected chi connectivity index (χ4v) is 3.94. The normalized spacial score (nSPS) is 20.1. The first-order chi connectivity index (χ1) is 19.0. The van der Waals surface area contributed by atoms with Crippen molar-refractivity contribution in [2.45, 2.75) is 25.0 Å². The number of carboxylic acid groups (broad SMARTS) is 2. The Balaban J connectivity index is 0.000000349. The Kier molecular flexibility index (Phi) is 11.5. The molecule has 17 heteroatoms. The van der Waals surface area contributed by atoms with Gasteiger partial charge in [0, 0.05) is 56.0 Å². The summed E-state index contributed by atoms with van der Waals surface area (Å²) < 4.78 is 95.9. The van der Waals surface area contributed by atoms with Crippen LogP contribution in [0.2, 0.25) is 0 Å². The fourth-order valence-electron chi connectivity index (χ4n) is 3.94. The molecule has 226 valence electrons. The fraction of sp³-hybridized carbons (Fsp3) is 0.417. The number of aliphatic carboxylic acids is 2. The van der Waals surface area contributed by atoms with Crippen LogP contribution in [0.15, 0.2) is 42.7 Å². The molecule has 0 bridgehead atoms. The van der Waals surface area contributed by atoms with Gasteiger partial charge in [-0.1, -0.05) is 6.07 Å². The zero-order valence-corrected chi connectivity index (χ0v) is 20.8. The summed E-state index contributed by atoms with van der Waals surface area (Å²) in [6, 6.07) is 7.39. The van der Waals surface area contributed by atoms with Crippen molar-refractivity contribution in [3.05, 3.63) is 65.5 Å². The van der Waals surface area contributed by atoms with Crippen molar-refractivity contribution in [2.24, 2.45) is 11.8 Å². The second kappa shape index (κ2) is 14.2. The van der Waals surface area contributed by atoms with Gasteiger partial charge in [-0.15, -0.1) is 0 Å². The highest BCUT2D eigenvalue weighted by Crippen LogP contribution is 2.34. The highest BCUT2D eigenvalue weighted by Gasteiger charge is 2.43. The molecule has 0 unspecified atom stereocenters. The molecule has 1 aromatic carbocycles. The van der Waals surface area contributed by atoms with Gasteiger partial charge >= 0.3 is 24.3 Å². The first-order valence-electron chi connectivity index (χ1n) is 11.5. The van der Waals surface area contributed by atoms with Gasteiger partial charge in [0.2, 0.25) is 0 Å². The molecule has 0 radical (unpaired) electrons. The van der Waals surface area contributed by atoms with Crippen LogP contribution in [0, 0.1) is 23.5 Å². The maximum Gasteiger partial charge on any atom is 0.490 e. The lowest BCUT2D eigenvalue weighted by Crippen LogP contribution is -2.34. The average molecular weight is 601 g/mol. The topological polar surface area (TPSA) is 129 Å². The molecule has 2 aliphatic rings. The number of likely N-dealkylation sites (tertiary alicyclic amines) is 1. The summed E-state index contributed by atoms with van der Waals surface area (Å²) in [5.74, 6) is -6.70. The van der Waals surface area contributed by atoms with E-state index >= 15 is 0 Å². The van der Waals surface area contributed by atoms with Crippen LogP contribution in [0.4, 0.5) is 35.1 Å². The number of benzene rings is 1. The first kappa shape index (κ1) is 33.3. The number of hydrogen-bond donors (Lipinski definition) is 3. The number of alkyl halides is 6. The summed E-state index contributed by atoms with van der Waals surface area (Å²) in [6.45, 7) is 3.33. The molecule has 0 saturated carbocycles. The van der Waals surface area contributed by atoms with Crippen LogP contribution in [0.3, 0.4) is 0 Å². The number of nitrogens with zero attached hydrogens (tertiary/aromatic N) is 2. The SMILES string of the molecule is O=C(NC[C@@H]1CO[C@@H]2CN(Cc3ccc(F)c(F)c3)C[C@H]12)c1ccncc1.O=C(O)C(F)(F)F.O=C(O)C(F)(F)F. The highest BCUT2D eigenvalue weighted by atomic mass is 19.4. The predicted molar refractivity (Wildman–Crippen MR) is 122 cm³/mol. The van der Waals surface area contributed by atoms with Crippen molar-refractivity contribution in [3.8, 4) is 0 Å². The monoisotopic (exact) mass is 601 g/mol. The van der Waals surface area contributed by atoms with E-state index in [9.17, 15) is 39.9 Å². The molecule has 3 atom stereocenters. The molecule has 4 rings (SSSR count). The van der Waals surface area contributed by atoms with E-state index in [1.165, 1.54) is 6.07 Å². The molecule has 1 amide bonds. The number of pyridine rings is 1. The maximum absolute atomic E-state index is 13.4. The van der Waals surface area contributed by atoms with Crippen LogP contribution in [-0.4, -0.2) is 82.6 Å². The van der Waals surface area contributed by atoms with Crippen LogP contribution >= 0.6 is 0 Å². The Morgan fingerprint density at radius 1 is 0.927 bits per heavy atom.